The van der Waals surface area contributed by atoms with Crippen molar-refractivity contribution in [2.45, 2.75) is 243 Å². The molecule has 0 aromatic heterocycles. The largest absolute Gasteiger partial charge is 0.466 e. The number of aliphatic hydroxyl groups is 5. The summed E-state index contributed by atoms with van der Waals surface area (Å²) in [6.45, 7) is 4.14. The highest BCUT2D eigenvalue weighted by Gasteiger charge is 2.44. The maximum Gasteiger partial charge on any atom is 0.305 e. The molecule has 0 spiro atoms. The topological polar surface area (TPSA) is 175 Å². The van der Waals surface area contributed by atoms with E-state index in [0.717, 1.165) is 89.9 Å². The quantitative estimate of drug-likeness (QED) is 0.0197. The number of amides is 1. The number of allylic oxidation sites excluding steroid dienone is 7. The smallest absolute Gasteiger partial charge is 0.305 e. The maximum atomic E-state index is 12.9. The molecule has 360 valence electrons. The first kappa shape index (κ1) is 57.6. The van der Waals surface area contributed by atoms with Crippen molar-refractivity contribution in [3.63, 3.8) is 0 Å². The predicted octanol–water partition coefficient (Wildman–Crippen LogP) is 9.77. The number of hydrogen-bond donors (Lipinski definition) is 6. The van der Waals surface area contributed by atoms with Gasteiger partial charge in [0, 0.05) is 12.8 Å². The van der Waals surface area contributed by atoms with Gasteiger partial charge in [-0.1, -0.05) is 133 Å². The molecule has 0 aromatic rings. The second kappa shape index (κ2) is 41.3. The highest BCUT2D eigenvalue weighted by molar-refractivity contribution is 5.76. The number of hydrogen-bond acceptors (Lipinski definition) is 10. The van der Waals surface area contributed by atoms with Crippen molar-refractivity contribution in [2.75, 3.05) is 19.8 Å². The molecule has 62 heavy (non-hydrogen) atoms. The first-order valence-electron chi connectivity index (χ1n) is 24.9. The van der Waals surface area contributed by atoms with Crippen LogP contribution in [0.1, 0.15) is 200 Å². The van der Waals surface area contributed by atoms with Crippen LogP contribution < -0.4 is 5.32 Å². The Labute approximate surface area is 376 Å². The van der Waals surface area contributed by atoms with Crippen LogP contribution in [0.15, 0.2) is 48.6 Å². The normalized spacial score (nSPS) is 20.5. The highest BCUT2D eigenvalue weighted by Crippen LogP contribution is 2.22. The molecule has 1 aliphatic rings. The van der Waals surface area contributed by atoms with Crippen LogP contribution in [0.2, 0.25) is 0 Å². The fourth-order valence-electron chi connectivity index (χ4n) is 7.32. The summed E-state index contributed by atoms with van der Waals surface area (Å²) in [5.41, 5.74) is 0. The van der Waals surface area contributed by atoms with E-state index in [1.807, 2.05) is 6.08 Å². The molecular weight excluding hydrogens is 787 g/mol. The molecule has 0 radical (unpaired) electrons. The summed E-state index contributed by atoms with van der Waals surface area (Å²) < 4.78 is 16.6. The van der Waals surface area contributed by atoms with E-state index < -0.39 is 49.5 Å². The van der Waals surface area contributed by atoms with Gasteiger partial charge in [0.1, 0.15) is 24.4 Å². The van der Waals surface area contributed by atoms with Crippen LogP contribution in [0.3, 0.4) is 0 Å². The SMILES string of the molecule is CCCCC/C=C/CC/C=C/C(O)C(COC1OC(CO)C(O)C(O)C1O)NC(=O)CCCCCCC/C=C\CCCCCOC(=O)CCCCCCC/C=C\CCCCCC. The summed E-state index contributed by atoms with van der Waals surface area (Å²) in [4.78, 5) is 25.0. The van der Waals surface area contributed by atoms with Crippen LogP contribution in [0.5, 0.6) is 0 Å². The Morgan fingerprint density at radius 2 is 1.05 bits per heavy atom. The summed E-state index contributed by atoms with van der Waals surface area (Å²) >= 11 is 0. The number of carbonyl (C=O) groups is 2. The molecular formula is C51H91NO10. The molecule has 1 rings (SSSR count). The second-order valence-corrected chi connectivity index (χ2v) is 17.1. The molecule has 0 saturated carbocycles. The summed E-state index contributed by atoms with van der Waals surface area (Å²) in [7, 11) is 0. The molecule has 7 unspecified atom stereocenters. The molecule has 0 aromatic carbocycles. The fourth-order valence-corrected chi connectivity index (χ4v) is 7.32. The molecule has 6 N–H and O–H groups in total. The summed E-state index contributed by atoms with van der Waals surface area (Å²) in [6.07, 6.45) is 39.1. The average molecular weight is 878 g/mol. The number of carbonyl (C=O) groups excluding carboxylic acids is 2. The van der Waals surface area contributed by atoms with E-state index in [9.17, 15) is 35.1 Å². The number of ether oxygens (including phenoxy) is 3. The Bertz CT molecular complexity index is 1170. The summed E-state index contributed by atoms with van der Waals surface area (Å²) in [6, 6.07) is -0.845. The van der Waals surface area contributed by atoms with E-state index >= 15 is 0 Å². The lowest BCUT2D eigenvalue weighted by Crippen LogP contribution is -2.60. The van der Waals surface area contributed by atoms with Gasteiger partial charge < -0.3 is 45.1 Å². The van der Waals surface area contributed by atoms with Crippen LogP contribution in [0.25, 0.3) is 0 Å². The fraction of sp³-hybridized carbons (Fsp3) is 0.804. The van der Waals surface area contributed by atoms with E-state index in [-0.39, 0.29) is 18.5 Å². The summed E-state index contributed by atoms with van der Waals surface area (Å²) in [5, 5.41) is 54.0. The van der Waals surface area contributed by atoms with E-state index in [1.54, 1.807) is 6.08 Å². The maximum absolute atomic E-state index is 12.9. The third-order valence-electron chi connectivity index (χ3n) is 11.4. The number of nitrogens with one attached hydrogen (secondary N) is 1. The van der Waals surface area contributed by atoms with Gasteiger partial charge in [0.05, 0.1) is 32.0 Å². The first-order chi connectivity index (χ1) is 30.2. The minimum Gasteiger partial charge on any atom is -0.466 e. The van der Waals surface area contributed by atoms with Crippen LogP contribution in [0, 0.1) is 0 Å². The van der Waals surface area contributed by atoms with E-state index in [1.165, 1.54) is 77.0 Å². The molecule has 1 fully saturated rings. The van der Waals surface area contributed by atoms with Crippen molar-refractivity contribution >= 4 is 11.9 Å². The van der Waals surface area contributed by atoms with Crippen LogP contribution in [-0.4, -0.2) is 100 Å². The Balaban J connectivity index is 2.19. The van der Waals surface area contributed by atoms with Gasteiger partial charge in [0.2, 0.25) is 5.91 Å². The first-order valence-corrected chi connectivity index (χ1v) is 24.9. The van der Waals surface area contributed by atoms with Crippen LogP contribution >= 0.6 is 0 Å². The molecule has 0 bridgehead atoms. The Kier molecular flexibility index (Phi) is 38.4. The molecule has 1 aliphatic heterocycles. The van der Waals surface area contributed by atoms with Crippen molar-refractivity contribution in [3.05, 3.63) is 48.6 Å². The van der Waals surface area contributed by atoms with Crippen LogP contribution in [-0.2, 0) is 23.8 Å². The zero-order chi connectivity index (χ0) is 45.3. The molecule has 0 aliphatic carbocycles. The van der Waals surface area contributed by atoms with Crippen molar-refractivity contribution in [3.8, 4) is 0 Å². The molecule has 1 heterocycles. The van der Waals surface area contributed by atoms with Gasteiger partial charge in [-0.3, -0.25) is 9.59 Å². The van der Waals surface area contributed by atoms with Gasteiger partial charge in [-0.05, 0) is 103 Å². The number of aliphatic hydroxyl groups excluding tert-OH is 5. The summed E-state index contributed by atoms with van der Waals surface area (Å²) in [5.74, 6) is -0.282. The highest BCUT2D eigenvalue weighted by atomic mass is 16.7. The second-order valence-electron chi connectivity index (χ2n) is 17.1. The van der Waals surface area contributed by atoms with Gasteiger partial charge >= 0.3 is 5.97 Å². The molecule has 1 saturated heterocycles. The van der Waals surface area contributed by atoms with Gasteiger partial charge in [-0.15, -0.1) is 0 Å². The van der Waals surface area contributed by atoms with E-state index in [0.29, 0.717) is 25.9 Å². The van der Waals surface area contributed by atoms with Crippen molar-refractivity contribution in [1.82, 2.24) is 5.32 Å². The lowest BCUT2D eigenvalue weighted by atomic mass is 9.99. The zero-order valence-electron chi connectivity index (χ0n) is 39.1. The van der Waals surface area contributed by atoms with Crippen LogP contribution in [0.4, 0.5) is 0 Å². The predicted molar refractivity (Wildman–Crippen MR) is 250 cm³/mol. The number of unbranched alkanes of at least 4 members (excludes halogenated alkanes) is 21. The molecule has 7 atom stereocenters. The van der Waals surface area contributed by atoms with Crippen molar-refractivity contribution in [1.29, 1.82) is 0 Å². The van der Waals surface area contributed by atoms with Gasteiger partial charge in [-0.25, -0.2) is 0 Å². The number of esters is 1. The Morgan fingerprint density at radius 1 is 0.581 bits per heavy atom. The number of rotatable bonds is 41. The molecule has 11 heteroatoms. The third-order valence-corrected chi connectivity index (χ3v) is 11.4. The minimum atomic E-state index is -1.59. The van der Waals surface area contributed by atoms with Gasteiger partial charge in [0.25, 0.3) is 0 Å². The molecule has 11 nitrogen and oxygen atoms in total. The Morgan fingerprint density at radius 3 is 1.63 bits per heavy atom. The monoisotopic (exact) mass is 878 g/mol. The zero-order valence-corrected chi connectivity index (χ0v) is 39.1. The Hall–Kier alpha value is -2.38. The van der Waals surface area contributed by atoms with E-state index in [2.05, 4.69) is 55.6 Å². The third kappa shape index (κ3) is 31.5. The van der Waals surface area contributed by atoms with E-state index in [4.69, 9.17) is 14.2 Å². The lowest BCUT2D eigenvalue weighted by Gasteiger charge is -2.40. The van der Waals surface area contributed by atoms with Gasteiger partial charge in [-0.2, -0.15) is 0 Å². The lowest BCUT2D eigenvalue weighted by molar-refractivity contribution is -0.302. The molecule has 1 amide bonds. The van der Waals surface area contributed by atoms with Crippen molar-refractivity contribution in [2.24, 2.45) is 0 Å². The minimum absolute atomic E-state index is 0.0587. The standard InChI is InChI=1S/C51H91NO10/c1-3-5-7-9-11-13-14-15-19-23-27-31-35-39-47(56)60-40-36-32-28-24-20-17-16-18-22-26-30-34-38-46(55)52-43(44(54)37-33-29-25-21-12-10-8-6-4-2)42-61-51-50(59)49(58)48(57)45(41-53)62-51/h12-14,17,20-21,33,37,43-45,48-51,53-54,57-59H,3-11,15-16,18-19,22-32,34-36,38-42H2,1-2H3,(H,52,55)/b14-13-,20-17-,21-12+,37-33+. The van der Waals surface area contributed by atoms with Crippen molar-refractivity contribution < 1.29 is 49.3 Å². The average Bonchev–Trinajstić information content (AvgIpc) is 3.27. The van der Waals surface area contributed by atoms with Gasteiger partial charge in [0.15, 0.2) is 6.29 Å².